The van der Waals surface area contributed by atoms with Crippen molar-refractivity contribution in [3.05, 3.63) is 35.4 Å². The largest absolute Gasteiger partial charge is 0.380 e. The quantitative estimate of drug-likeness (QED) is 0.402. The van der Waals surface area contributed by atoms with Gasteiger partial charge >= 0.3 is 0 Å². The summed E-state index contributed by atoms with van der Waals surface area (Å²) >= 11 is 0. The van der Waals surface area contributed by atoms with Gasteiger partial charge in [0.2, 0.25) is 0 Å². The van der Waals surface area contributed by atoms with Crippen molar-refractivity contribution >= 4 is 29.9 Å². The monoisotopic (exact) mass is 474 g/mol. The minimum atomic E-state index is 0. The Kier molecular flexibility index (Phi) is 9.10. The molecule has 146 valence electrons. The maximum atomic E-state index is 5.47. The summed E-state index contributed by atoms with van der Waals surface area (Å²) < 4.78 is 10.8. The van der Waals surface area contributed by atoms with Gasteiger partial charge in [0.1, 0.15) is 0 Å². The molecule has 0 saturated carbocycles. The first-order valence-corrected chi connectivity index (χ1v) is 9.15. The minimum Gasteiger partial charge on any atom is -0.380 e. The van der Waals surface area contributed by atoms with Crippen molar-refractivity contribution in [3.8, 4) is 0 Å². The van der Waals surface area contributed by atoms with Crippen LogP contribution in [0.15, 0.2) is 29.3 Å². The fourth-order valence-electron chi connectivity index (χ4n) is 3.71. The first-order chi connectivity index (χ1) is 12.3. The van der Waals surface area contributed by atoms with Gasteiger partial charge in [-0.1, -0.05) is 24.3 Å². The Morgan fingerprint density at radius 1 is 1.23 bits per heavy atom. The van der Waals surface area contributed by atoms with E-state index < -0.39 is 0 Å². The molecule has 26 heavy (non-hydrogen) atoms. The first kappa shape index (κ1) is 21.4. The third kappa shape index (κ3) is 5.55. The third-order valence-corrected chi connectivity index (χ3v) is 5.09. The molecule has 7 heteroatoms. The van der Waals surface area contributed by atoms with Crippen LogP contribution in [0.25, 0.3) is 0 Å². The molecule has 2 fully saturated rings. The summed E-state index contributed by atoms with van der Waals surface area (Å²) in [6, 6.07) is 9.01. The molecule has 6 nitrogen and oxygen atoms in total. The maximum Gasteiger partial charge on any atom is 0.193 e. The van der Waals surface area contributed by atoms with E-state index in [0.29, 0.717) is 12.6 Å². The fraction of sp³-hybridized carbons (Fsp3) is 0.632. The molecule has 1 aromatic carbocycles. The summed E-state index contributed by atoms with van der Waals surface area (Å²) in [5.74, 6) is 0.989. The second kappa shape index (κ2) is 11.1. The zero-order chi connectivity index (χ0) is 17.5. The summed E-state index contributed by atoms with van der Waals surface area (Å²) in [6.07, 6.45) is 1.20. The number of guanidine groups is 1. The predicted molar refractivity (Wildman–Crippen MR) is 115 cm³/mol. The molecule has 1 aromatic rings. The van der Waals surface area contributed by atoms with E-state index in [9.17, 15) is 0 Å². The normalized spacial score (nSPS) is 21.5. The Balaban J connectivity index is 0.00000243. The highest BCUT2D eigenvalue weighted by atomic mass is 127. The van der Waals surface area contributed by atoms with Crippen LogP contribution in [-0.4, -0.2) is 75.4 Å². The maximum absolute atomic E-state index is 5.47. The highest BCUT2D eigenvalue weighted by Crippen LogP contribution is 2.17. The molecule has 0 aliphatic carbocycles. The predicted octanol–water partition coefficient (Wildman–Crippen LogP) is 1.93. The van der Waals surface area contributed by atoms with Crippen LogP contribution in [0.2, 0.25) is 0 Å². The fourth-order valence-corrected chi connectivity index (χ4v) is 3.71. The SMILES string of the molecule is CN=C(NCc1ccccc1COC)N1CCC(N2CCOCC2)C1.I. The molecule has 1 atom stereocenters. The van der Waals surface area contributed by atoms with Crippen molar-refractivity contribution in [2.45, 2.75) is 25.6 Å². The van der Waals surface area contributed by atoms with E-state index in [0.717, 1.165) is 51.9 Å². The number of aliphatic imine (C=N–C) groups is 1. The van der Waals surface area contributed by atoms with Crippen LogP contribution in [0.3, 0.4) is 0 Å². The van der Waals surface area contributed by atoms with Crippen molar-refractivity contribution in [1.82, 2.24) is 15.1 Å². The van der Waals surface area contributed by atoms with E-state index in [1.165, 1.54) is 17.5 Å². The van der Waals surface area contributed by atoms with Crippen LogP contribution in [0.4, 0.5) is 0 Å². The first-order valence-electron chi connectivity index (χ1n) is 9.15. The number of morpholine rings is 1. The van der Waals surface area contributed by atoms with Crippen molar-refractivity contribution in [2.75, 3.05) is 53.6 Å². The highest BCUT2D eigenvalue weighted by molar-refractivity contribution is 14.0. The molecular weight excluding hydrogens is 443 g/mol. The number of hydrogen-bond donors (Lipinski definition) is 1. The molecule has 0 aromatic heterocycles. The molecule has 1 unspecified atom stereocenters. The number of halogens is 1. The van der Waals surface area contributed by atoms with Crippen LogP contribution < -0.4 is 5.32 Å². The van der Waals surface area contributed by atoms with E-state index in [-0.39, 0.29) is 24.0 Å². The Bertz CT molecular complexity index is 578. The third-order valence-electron chi connectivity index (χ3n) is 5.09. The Morgan fingerprint density at radius 2 is 1.96 bits per heavy atom. The van der Waals surface area contributed by atoms with E-state index in [1.54, 1.807) is 7.11 Å². The number of nitrogens with zero attached hydrogens (tertiary/aromatic N) is 3. The molecule has 0 spiro atoms. The topological polar surface area (TPSA) is 49.3 Å². The van der Waals surface area contributed by atoms with E-state index in [2.05, 4.69) is 44.4 Å². The van der Waals surface area contributed by atoms with Crippen LogP contribution in [0, 0.1) is 0 Å². The molecule has 0 bridgehead atoms. The summed E-state index contributed by atoms with van der Waals surface area (Å²) in [4.78, 5) is 9.43. The highest BCUT2D eigenvalue weighted by Gasteiger charge is 2.30. The van der Waals surface area contributed by atoms with Gasteiger partial charge in [-0.05, 0) is 17.5 Å². The van der Waals surface area contributed by atoms with Gasteiger partial charge in [-0.3, -0.25) is 9.89 Å². The lowest BCUT2D eigenvalue weighted by Gasteiger charge is -2.32. The van der Waals surface area contributed by atoms with Gasteiger partial charge in [0, 0.05) is 52.9 Å². The second-order valence-corrected chi connectivity index (χ2v) is 6.64. The van der Waals surface area contributed by atoms with Gasteiger partial charge in [0.15, 0.2) is 5.96 Å². The van der Waals surface area contributed by atoms with E-state index >= 15 is 0 Å². The van der Waals surface area contributed by atoms with Gasteiger partial charge in [-0.15, -0.1) is 24.0 Å². The van der Waals surface area contributed by atoms with Gasteiger partial charge in [0.05, 0.1) is 19.8 Å². The molecule has 3 rings (SSSR count). The van der Waals surface area contributed by atoms with Gasteiger partial charge < -0.3 is 19.7 Å². The van der Waals surface area contributed by atoms with Gasteiger partial charge in [0.25, 0.3) is 0 Å². The lowest BCUT2D eigenvalue weighted by molar-refractivity contribution is 0.0195. The van der Waals surface area contributed by atoms with Crippen molar-refractivity contribution in [1.29, 1.82) is 0 Å². The lowest BCUT2D eigenvalue weighted by atomic mass is 10.1. The zero-order valence-electron chi connectivity index (χ0n) is 15.8. The summed E-state index contributed by atoms with van der Waals surface area (Å²) in [5.41, 5.74) is 2.48. The Morgan fingerprint density at radius 3 is 2.65 bits per heavy atom. The number of hydrogen-bond acceptors (Lipinski definition) is 4. The molecule has 0 radical (unpaired) electrons. The van der Waals surface area contributed by atoms with Gasteiger partial charge in [-0.2, -0.15) is 0 Å². The van der Waals surface area contributed by atoms with Crippen molar-refractivity contribution < 1.29 is 9.47 Å². The Labute approximate surface area is 173 Å². The molecule has 2 aliphatic rings. The van der Waals surface area contributed by atoms with Gasteiger partial charge in [-0.25, -0.2) is 0 Å². The van der Waals surface area contributed by atoms with E-state index in [4.69, 9.17) is 9.47 Å². The number of methoxy groups -OCH3 is 1. The van der Waals surface area contributed by atoms with Crippen LogP contribution in [0.5, 0.6) is 0 Å². The van der Waals surface area contributed by atoms with Crippen molar-refractivity contribution in [3.63, 3.8) is 0 Å². The smallest absolute Gasteiger partial charge is 0.193 e. The molecular formula is C19H31IN4O2. The molecule has 2 saturated heterocycles. The summed E-state index contributed by atoms with van der Waals surface area (Å²) in [7, 11) is 3.60. The second-order valence-electron chi connectivity index (χ2n) is 6.64. The molecule has 1 N–H and O–H groups in total. The zero-order valence-corrected chi connectivity index (χ0v) is 18.1. The lowest BCUT2D eigenvalue weighted by Crippen LogP contribution is -2.46. The number of likely N-dealkylation sites (tertiary alicyclic amines) is 1. The molecule has 2 heterocycles. The molecule has 0 amide bonds. The summed E-state index contributed by atoms with van der Waals surface area (Å²) in [5, 5.41) is 3.53. The standard InChI is InChI=1S/C19H30N4O2.HI/c1-20-19(21-13-16-5-3-4-6-17(16)15-24-2)23-8-7-18(14-23)22-9-11-25-12-10-22;/h3-6,18H,7-15H2,1-2H3,(H,20,21);1H. The average Bonchev–Trinajstić information content (AvgIpc) is 3.14. The number of ether oxygens (including phenoxy) is 2. The number of benzene rings is 1. The number of rotatable bonds is 5. The van der Waals surface area contributed by atoms with Crippen LogP contribution in [-0.2, 0) is 22.6 Å². The van der Waals surface area contributed by atoms with Crippen LogP contribution in [0.1, 0.15) is 17.5 Å². The van der Waals surface area contributed by atoms with Crippen molar-refractivity contribution in [2.24, 2.45) is 4.99 Å². The van der Waals surface area contributed by atoms with Crippen LogP contribution >= 0.6 is 24.0 Å². The summed E-state index contributed by atoms with van der Waals surface area (Å²) in [6.45, 7) is 7.33. The Hall–Kier alpha value is -0.900. The number of nitrogens with one attached hydrogen (secondary N) is 1. The average molecular weight is 474 g/mol. The van der Waals surface area contributed by atoms with E-state index in [1.807, 2.05) is 7.05 Å². The minimum absolute atomic E-state index is 0. The molecule has 2 aliphatic heterocycles.